The standard InChI is InChI=1S/C10H19NO2S.C4H10.C2H6/c1-8(2)9-4-10(5-9)6-11(7-10)14(3,12)13;1-3-4-2;1-2/h8-9H,4-7H2,1-3H3;3-4H2,1-2H3;1-2H3. The van der Waals surface area contributed by atoms with E-state index in [4.69, 9.17) is 0 Å². The highest BCUT2D eigenvalue weighted by atomic mass is 32.2. The lowest BCUT2D eigenvalue weighted by atomic mass is 9.56. The minimum Gasteiger partial charge on any atom is -0.213 e. The summed E-state index contributed by atoms with van der Waals surface area (Å²) in [6.07, 6.45) is 6.41. The van der Waals surface area contributed by atoms with Crippen LogP contribution in [0.3, 0.4) is 0 Å². The number of nitrogens with zero attached hydrogens (tertiary/aromatic N) is 1. The van der Waals surface area contributed by atoms with Crippen molar-refractivity contribution in [2.24, 2.45) is 17.3 Å². The van der Waals surface area contributed by atoms with Crippen molar-refractivity contribution in [2.45, 2.75) is 67.2 Å². The first-order valence-electron chi connectivity index (χ1n) is 8.19. The second kappa shape index (κ2) is 8.38. The fraction of sp³-hybridized carbons (Fsp3) is 1.00. The first-order chi connectivity index (χ1) is 9.24. The highest BCUT2D eigenvalue weighted by Crippen LogP contribution is 2.54. The van der Waals surface area contributed by atoms with E-state index in [0.717, 1.165) is 24.9 Å². The molecule has 0 amide bonds. The van der Waals surface area contributed by atoms with Crippen molar-refractivity contribution in [3.8, 4) is 0 Å². The largest absolute Gasteiger partial charge is 0.213 e. The third kappa shape index (κ3) is 5.36. The van der Waals surface area contributed by atoms with Gasteiger partial charge >= 0.3 is 0 Å². The monoisotopic (exact) mass is 305 g/mol. The van der Waals surface area contributed by atoms with Crippen molar-refractivity contribution in [3.63, 3.8) is 0 Å². The molecule has 0 radical (unpaired) electrons. The summed E-state index contributed by atoms with van der Waals surface area (Å²) in [6, 6.07) is 0. The summed E-state index contributed by atoms with van der Waals surface area (Å²) < 4.78 is 24.0. The first kappa shape index (κ1) is 19.9. The molecule has 0 bridgehead atoms. The second-order valence-corrected chi connectivity index (χ2v) is 8.43. The topological polar surface area (TPSA) is 37.4 Å². The van der Waals surface area contributed by atoms with Crippen LogP contribution in [0.2, 0.25) is 0 Å². The zero-order valence-corrected chi connectivity index (χ0v) is 15.4. The molecule has 3 nitrogen and oxygen atoms in total. The first-order valence-corrected chi connectivity index (χ1v) is 10.0. The minimum atomic E-state index is -2.92. The van der Waals surface area contributed by atoms with Gasteiger partial charge in [-0.2, -0.15) is 0 Å². The predicted molar refractivity (Wildman–Crippen MR) is 88.3 cm³/mol. The van der Waals surface area contributed by atoms with E-state index in [-0.39, 0.29) is 0 Å². The average Bonchev–Trinajstić information content (AvgIpc) is 2.26. The van der Waals surface area contributed by atoms with Crippen LogP contribution in [0.15, 0.2) is 0 Å². The summed E-state index contributed by atoms with van der Waals surface area (Å²) in [5.41, 5.74) is 0.373. The second-order valence-electron chi connectivity index (χ2n) is 6.44. The lowest BCUT2D eigenvalue weighted by Crippen LogP contribution is -2.63. The van der Waals surface area contributed by atoms with Gasteiger partial charge in [0.1, 0.15) is 0 Å². The highest BCUT2D eigenvalue weighted by Gasteiger charge is 2.54. The van der Waals surface area contributed by atoms with E-state index >= 15 is 0 Å². The number of hydrogen-bond donors (Lipinski definition) is 0. The molecule has 20 heavy (non-hydrogen) atoms. The number of rotatable bonds is 3. The minimum absolute atomic E-state index is 0.373. The van der Waals surface area contributed by atoms with Crippen LogP contribution < -0.4 is 0 Å². The number of unbranched alkanes of at least 4 members (excludes halogenated alkanes) is 1. The Balaban J connectivity index is 0.000000521. The quantitative estimate of drug-likeness (QED) is 0.785. The van der Waals surface area contributed by atoms with Gasteiger partial charge in [0, 0.05) is 13.1 Å². The number of hydrogen-bond acceptors (Lipinski definition) is 2. The van der Waals surface area contributed by atoms with Crippen molar-refractivity contribution < 1.29 is 8.42 Å². The fourth-order valence-corrected chi connectivity index (χ4v) is 3.74. The molecule has 1 aliphatic heterocycles. The SMILES string of the molecule is CC.CC(C)C1CC2(C1)CN(S(C)(=O)=O)C2.CCCC. The van der Waals surface area contributed by atoms with Crippen LogP contribution in [0.1, 0.15) is 67.2 Å². The van der Waals surface area contributed by atoms with Crippen LogP contribution in [0.25, 0.3) is 0 Å². The molecule has 1 saturated heterocycles. The van der Waals surface area contributed by atoms with Crippen LogP contribution in [0, 0.1) is 17.3 Å². The van der Waals surface area contributed by atoms with Gasteiger partial charge in [-0.05, 0) is 30.1 Å². The zero-order chi connectivity index (χ0) is 16.0. The molecule has 2 rings (SSSR count). The van der Waals surface area contributed by atoms with Gasteiger partial charge in [0.15, 0.2) is 0 Å². The summed E-state index contributed by atoms with van der Waals surface area (Å²) in [5.74, 6) is 1.59. The van der Waals surface area contributed by atoms with E-state index in [2.05, 4.69) is 27.7 Å². The summed E-state index contributed by atoms with van der Waals surface area (Å²) in [4.78, 5) is 0. The highest BCUT2D eigenvalue weighted by molar-refractivity contribution is 7.88. The predicted octanol–water partition coefficient (Wildman–Crippen LogP) is 4.15. The molecule has 1 spiro atoms. The molecule has 0 aromatic heterocycles. The fourth-order valence-electron chi connectivity index (χ4n) is 2.72. The van der Waals surface area contributed by atoms with Gasteiger partial charge in [-0.15, -0.1) is 0 Å². The van der Waals surface area contributed by atoms with E-state index in [9.17, 15) is 8.42 Å². The Morgan fingerprint density at radius 3 is 1.75 bits per heavy atom. The van der Waals surface area contributed by atoms with Gasteiger partial charge in [0.05, 0.1) is 6.26 Å². The van der Waals surface area contributed by atoms with E-state index in [1.807, 2.05) is 13.8 Å². The molecule has 0 N–H and O–H groups in total. The Kier molecular flexibility index (Phi) is 8.34. The summed E-state index contributed by atoms with van der Waals surface area (Å²) in [7, 11) is -2.92. The van der Waals surface area contributed by atoms with Gasteiger partial charge in [-0.25, -0.2) is 12.7 Å². The lowest BCUT2D eigenvalue weighted by molar-refractivity contribution is -0.0676. The molecule has 0 aromatic carbocycles. The van der Waals surface area contributed by atoms with E-state index in [0.29, 0.717) is 5.41 Å². The van der Waals surface area contributed by atoms with E-state index < -0.39 is 10.0 Å². The molecular formula is C16H35NO2S. The van der Waals surface area contributed by atoms with Crippen molar-refractivity contribution in [1.29, 1.82) is 0 Å². The van der Waals surface area contributed by atoms with Crippen LogP contribution in [-0.2, 0) is 10.0 Å². The molecule has 2 fully saturated rings. The van der Waals surface area contributed by atoms with Gasteiger partial charge in [0.25, 0.3) is 0 Å². The van der Waals surface area contributed by atoms with Gasteiger partial charge < -0.3 is 0 Å². The molecule has 122 valence electrons. The molecule has 0 unspecified atom stereocenters. The lowest BCUT2D eigenvalue weighted by Gasteiger charge is -2.59. The third-order valence-corrected chi connectivity index (χ3v) is 5.52. The summed E-state index contributed by atoms with van der Waals surface area (Å²) in [6.45, 7) is 14.4. The molecule has 1 heterocycles. The van der Waals surface area contributed by atoms with Crippen molar-refractivity contribution in [1.82, 2.24) is 4.31 Å². The normalized spacial score (nSPS) is 21.2. The van der Waals surface area contributed by atoms with Crippen LogP contribution >= 0.6 is 0 Å². The van der Waals surface area contributed by atoms with Gasteiger partial charge in [0.2, 0.25) is 10.0 Å². The molecule has 2 aliphatic rings. The Morgan fingerprint density at radius 1 is 1.10 bits per heavy atom. The molecule has 0 aromatic rings. The van der Waals surface area contributed by atoms with Crippen LogP contribution in [0.4, 0.5) is 0 Å². The van der Waals surface area contributed by atoms with E-state index in [1.54, 1.807) is 4.31 Å². The Hall–Kier alpha value is -0.0900. The molecule has 0 atom stereocenters. The summed E-state index contributed by atoms with van der Waals surface area (Å²) in [5, 5.41) is 0. The van der Waals surface area contributed by atoms with Crippen molar-refractivity contribution in [2.75, 3.05) is 19.3 Å². The van der Waals surface area contributed by atoms with Crippen LogP contribution in [0.5, 0.6) is 0 Å². The Bertz CT molecular complexity index is 347. The zero-order valence-electron chi connectivity index (χ0n) is 14.6. The number of sulfonamides is 1. The van der Waals surface area contributed by atoms with Crippen molar-refractivity contribution in [3.05, 3.63) is 0 Å². The third-order valence-electron chi connectivity index (χ3n) is 4.33. The van der Waals surface area contributed by atoms with E-state index in [1.165, 1.54) is 31.9 Å². The maximum absolute atomic E-state index is 11.2. The maximum Gasteiger partial charge on any atom is 0.211 e. The molecule has 1 aliphatic carbocycles. The van der Waals surface area contributed by atoms with Crippen molar-refractivity contribution >= 4 is 10.0 Å². The van der Waals surface area contributed by atoms with Crippen LogP contribution in [-0.4, -0.2) is 32.1 Å². The smallest absolute Gasteiger partial charge is 0.211 e. The molecular weight excluding hydrogens is 270 g/mol. The Labute approximate surface area is 127 Å². The maximum atomic E-state index is 11.2. The van der Waals surface area contributed by atoms with Gasteiger partial charge in [-0.3, -0.25) is 0 Å². The Morgan fingerprint density at radius 2 is 1.50 bits per heavy atom. The summed E-state index contributed by atoms with van der Waals surface area (Å²) >= 11 is 0. The van der Waals surface area contributed by atoms with Gasteiger partial charge in [-0.1, -0.05) is 54.4 Å². The molecule has 1 saturated carbocycles. The molecule has 4 heteroatoms. The average molecular weight is 306 g/mol.